The maximum Gasteiger partial charge on any atom is 0.0934 e. The molecule has 2 aliphatic carbocycles. The molecular weight excluding hydrogens is 228 g/mol. The van der Waals surface area contributed by atoms with Crippen molar-refractivity contribution in [2.75, 3.05) is 6.54 Å². The lowest BCUT2D eigenvalue weighted by Crippen LogP contribution is -2.39. The van der Waals surface area contributed by atoms with Gasteiger partial charge in [-0.2, -0.15) is 0 Å². The van der Waals surface area contributed by atoms with Crippen molar-refractivity contribution in [2.45, 2.75) is 57.3 Å². The molecule has 2 saturated carbocycles. The summed E-state index contributed by atoms with van der Waals surface area (Å²) >= 11 is 1.86. The van der Waals surface area contributed by atoms with Gasteiger partial charge in [-0.1, -0.05) is 19.3 Å². The van der Waals surface area contributed by atoms with E-state index < -0.39 is 0 Å². The number of nitrogens with zero attached hydrogens (tertiary/aromatic N) is 1. The van der Waals surface area contributed by atoms with Crippen molar-refractivity contribution >= 4 is 11.3 Å². The monoisotopic (exact) mass is 250 g/mol. The van der Waals surface area contributed by atoms with Crippen molar-refractivity contribution in [3.63, 3.8) is 0 Å². The Bertz CT molecular complexity index is 370. The van der Waals surface area contributed by atoms with E-state index in [2.05, 4.69) is 5.38 Å². The average molecular weight is 250 g/mol. The standard InChI is InChI=1S/C14H22N2S/c15-10-14(6-3-7-14)8-13-16-12(9-17-13)11-4-1-2-5-11/h9,11H,1-8,10,15H2. The Balaban J connectivity index is 1.67. The Hall–Kier alpha value is -0.410. The molecule has 0 amide bonds. The third-order valence-electron chi connectivity index (χ3n) is 4.72. The molecule has 0 radical (unpaired) electrons. The van der Waals surface area contributed by atoms with E-state index in [0.29, 0.717) is 5.41 Å². The van der Waals surface area contributed by atoms with Crippen LogP contribution in [0.15, 0.2) is 5.38 Å². The predicted molar refractivity (Wildman–Crippen MR) is 72.4 cm³/mol. The summed E-state index contributed by atoms with van der Waals surface area (Å²) < 4.78 is 0. The number of thiazole rings is 1. The van der Waals surface area contributed by atoms with Crippen molar-refractivity contribution in [1.82, 2.24) is 4.98 Å². The molecule has 2 N–H and O–H groups in total. The molecule has 0 bridgehead atoms. The van der Waals surface area contributed by atoms with Crippen LogP contribution in [0.2, 0.25) is 0 Å². The van der Waals surface area contributed by atoms with E-state index in [0.717, 1.165) is 18.9 Å². The molecule has 0 atom stereocenters. The van der Waals surface area contributed by atoms with Crippen LogP contribution in [0.4, 0.5) is 0 Å². The van der Waals surface area contributed by atoms with Crippen LogP contribution in [0.3, 0.4) is 0 Å². The third kappa shape index (κ3) is 2.27. The van der Waals surface area contributed by atoms with Crippen molar-refractivity contribution in [3.8, 4) is 0 Å². The molecule has 0 aromatic carbocycles. The van der Waals surface area contributed by atoms with Gasteiger partial charge < -0.3 is 5.73 Å². The van der Waals surface area contributed by atoms with Gasteiger partial charge in [-0.05, 0) is 37.6 Å². The van der Waals surface area contributed by atoms with Gasteiger partial charge in [-0.25, -0.2) is 4.98 Å². The Kier molecular flexibility index (Phi) is 3.22. The summed E-state index contributed by atoms with van der Waals surface area (Å²) in [6.45, 7) is 0.839. The summed E-state index contributed by atoms with van der Waals surface area (Å²) in [5.74, 6) is 0.759. The molecule has 1 aromatic heterocycles. The van der Waals surface area contributed by atoms with E-state index in [9.17, 15) is 0 Å². The second-order valence-electron chi connectivity index (χ2n) is 5.88. The summed E-state index contributed by atoms with van der Waals surface area (Å²) in [5, 5.41) is 3.63. The third-order valence-corrected chi connectivity index (χ3v) is 5.58. The van der Waals surface area contributed by atoms with Crippen LogP contribution in [0.25, 0.3) is 0 Å². The first kappa shape index (κ1) is 11.7. The molecule has 1 aromatic rings. The molecule has 1 heterocycles. The SMILES string of the molecule is NCC1(Cc2nc(C3CCCC3)cs2)CCC1. The van der Waals surface area contributed by atoms with Crippen LogP contribution in [-0.2, 0) is 6.42 Å². The second kappa shape index (κ2) is 4.69. The molecule has 17 heavy (non-hydrogen) atoms. The fraction of sp³-hybridized carbons (Fsp3) is 0.786. The van der Waals surface area contributed by atoms with Gasteiger partial charge in [0.25, 0.3) is 0 Å². The fourth-order valence-electron chi connectivity index (χ4n) is 3.27. The van der Waals surface area contributed by atoms with Gasteiger partial charge in [-0.3, -0.25) is 0 Å². The minimum Gasteiger partial charge on any atom is -0.330 e. The van der Waals surface area contributed by atoms with Crippen molar-refractivity contribution in [3.05, 3.63) is 16.1 Å². The molecule has 2 nitrogen and oxygen atoms in total. The molecule has 0 aliphatic heterocycles. The van der Waals surface area contributed by atoms with Gasteiger partial charge in [0.15, 0.2) is 0 Å². The van der Waals surface area contributed by atoms with E-state index in [1.165, 1.54) is 55.6 Å². The first-order valence-corrected chi connectivity index (χ1v) is 7.84. The molecule has 2 fully saturated rings. The first-order valence-electron chi connectivity index (χ1n) is 6.96. The van der Waals surface area contributed by atoms with Gasteiger partial charge in [0.1, 0.15) is 0 Å². The Morgan fingerprint density at radius 3 is 2.65 bits per heavy atom. The zero-order valence-corrected chi connectivity index (χ0v) is 11.3. The number of hydrogen-bond donors (Lipinski definition) is 1. The topological polar surface area (TPSA) is 38.9 Å². The van der Waals surface area contributed by atoms with E-state index >= 15 is 0 Å². The van der Waals surface area contributed by atoms with E-state index in [4.69, 9.17) is 10.7 Å². The highest BCUT2D eigenvalue weighted by molar-refractivity contribution is 7.09. The van der Waals surface area contributed by atoms with Crippen LogP contribution in [0, 0.1) is 5.41 Å². The Labute approximate surface area is 108 Å². The van der Waals surface area contributed by atoms with Gasteiger partial charge >= 0.3 is 0 Å². The largest absolute Gasteiger partial charge is 0.330 e. The summed E-state index contributed by atoms with van der Waals surface area (Å²) in [5.41, 5.74) is 7.70. The molecule has 0 spiro atoms. The first-order chi connectivity index (χ1) is 8.31. The zero-order chi connectivity index (χ0) is 11.7. The Morgan fingerprint density at radius 2 is 2.06 bits per heavy atom. The highest BCUT2D eigenvalue weighted by Gasteiger charge is 2.36. The lowest BCUT2D eigenvalue weighted by molar-refractivity contribution is 0.144. The summed E-state index contributed by atoms with van der Waals surface area (Å²) in [6, 6.07) is 0. The maximum absolute atomic E-state index is 5.92. The number of nitrogens with two attached hydrogens (primary N) is 1. The molecular formula is C14H22N2S. The zero-order valence-electron chi connectivity index (χ0n) is 10.5. The Morgan fingerprint density at radius 1 is 1.29 bits per heavy atom. The predicted octanol–water partition coefficient (Wildman–Crippen LogP) is 3.47. The fourth-order valence-corrected chi connectivity index (χ4v) is 4.32. The van der Waals surface area contributed by atoms with Crippen LogP contribution in [0.5, 0.6) is 0 Å². The summed E-state index contributed by atoms with van der Waals surface area (Å²) in [4.78, 5) is 4.87. The molecule has 3 heteroatoms. The quantitative estimate of drug-likeness (QED) is 0.888. The maximum atomic E-state index is 5.92. The average Bonchev–Trinajstić information content (AvgIpc) is 2.94. The van der Waals surface area contributed by atoms with Crippen LogP contribution >= 0.6 is 11.3 Å². The molecule has 94 valence electrons. The number of rotatable bonds is 4. The molecule has 3 rings (SSSR count). The number of aromatic nitrogens is 1. The summed E-state index contributed by atoms with van der Waals surface area (Å²) in [7, 11) is 0. The minimum atomic E-state index is 0.408. The van der Waals surface area contributed by atoms with Crippen LogP contribution < -0.4 is 5.73 Å². The highest BCUT2D eigenvalue weighted by atomic mass is 32.1. The van der Waals surface area contributed by atoms with E-state index in [1.54, 1.807) is 0 Å². The molecule has 0 unspecified atom stereocenters. The van der Waals surface area contributed by atoms with Gasteiger partial charge in [-0.15, -0.1) is 11.3 Å². The van der Waals surface area contributed by atoms with E-state index in [1.807, 2.05) is 11.3 Å². The lowest BCUT2D eigenvalue weighted by Gasteiger charge is -2.40. The highest BCUT2D eigenvalue weighted by Crippen LogP contribution is 2.43. The van der Waals surface area contributed by atoms with E-state index in [-0.39, 0.29) is 0 Å². The van der Waals surface area contributed by atoms with Crippen molar-refractivity contribution < 1.29 is 0 Å². The van der Waals surface area contributed by atoms with Gasteiger partial charge in [0.2, 0.25) is 0 Å². The minimum absolute atomic E-state index is 0.408. The molecule has 2 aliphatic rings. The van der Waals surface area contributed by atoms with Gasteiger partial charge in [0, 0.05) is 17.7 Å². The van der Waals surface area contributed by atoms with Gasteiger partial charge in [0.05, 0.1) is 10.7 Å². The van der Waals surface area contributed by atoms with Crippen LogP contribution in [0.1, 0.15) is 61.6 Å². The smallest absolute Gasteiger partial charge is 0.0934 e. The number of hydrogen-bond acceptors (Lipinski definition) is 3. The van der Waals surface area contributed by atoms with Crippen molar-refractivity contribution in [2.24, 2.45) is 11.1 Å². The van der Waals surface area contributed by atoms with Crippen LogP contribution in [-0.4, -0.2) is 11.5 Å². The van der Waals surface area contributed by atoms with Crippen molar-refractivity contribution in [1.29, 1.82) is 0 Å². The molecule has 0 saturated heterocycles. The lowest BCUT2D eigenvalue weighted by atomic mass is 9.67. The normalized spacial score (nSPS) is 23.8. The summed E-state index contributed by atoms with van der Waals surface area (Å²) in [6.07, 6.45) is 10.6. The second-order valence-corrected chi connectivity index (χ2v) is 6.82.